The van der Waals surface area contributed by atoms with E-state index in [4.69, 9.17) is 17.2 Å². The molecule has 10 amide bonds. The number of nitrogens with two attached hydrogens (primary N) is 3. The number of aromatic hydroxyl groups is 1. The summed E-state index contributed by atoms with van der Waals surface area (Å²) in [5, 5.41) is 27.6. The van der Waals surface area contributed by atoms with E-state index in [-0.39, 0.29) is 49.0 Å². The number of phenols is 1. The summed E-state index contributed by atoms with van der Waals surface area (Å²) in [4.78, 5) is 134. The lowest BCUT2D eigenvalue weighted by Crippen LogP contribution is -2.60. The molecule has 0 unspecified atom stereocenters. The van der Waals surface area contributed by atoms with Gasteiger partial charge >= 0.3 is 0 Å². The maximum atomic E-state index is 14.3. The van der Waals surface area contributed by atoms with Gasteiger partial charge in [-0.1, -0.05) is 67.8 Å². The zero-order valence-corrected chi connectivity index (χ0v) is 37.9. The van der Waals surface area contributed by atoms with E-state index < -0.39 is 127 Å². The minimum atomic E-state index is -1.61. The predicted octanol–water partition coefficient (Wildman–Crippen LogP) is -3.24. The third-order valence-corrected chi connectivity index (χ3v) is 12.9. The fourth-order valence-electron chi connectivity index (χ4n) is 6.78. The number of nitrogens with one attached hydrogen (secondary N) is 7. The van der Waals surface area contributed by atoms with Crippen molar-refractivity contribution in [1.82, 2.24) is 42.1 Å². The first-order valence-electron chi connectivity index (χ1n) is 20.9. The number of carbonyl (C=O) groups excluding carboxylic acids is 10. The lowest BCUT2D eigenvalue weighted by Gasteiger charge is -2.30. The molecule has 3 rings (SSSR count). The Kier molecular flexibility index (Phi) is 21.1. The van der Waals surface area contributed by atoms with Crippen LogP contribution in [0.1, 0.15) is 65.4 Å². The van der Waals surface area contributed by atoms with Crippen LogP contribution in [0.5, 0.6) is 5.75 Å². The summed E-state index contributed by atoms with van der Waals surface area (Å²) in [5.41, 5.74) is 17.5. The highest BCUT2D eigenvalue weighted by Crippen LogP contribution is 2.26. The van der Waals surface area contributed by atoms with Crippen molar-refractivity contribution in [2.45, 2.75) is 109 Å². The standard InChI is InChI=1S/C40H61N11O11S2/c1-5-21(4)33-39(61)45-17-32(55)46-27(15-30(42)53)36(58)49-28(19-64-63-18-24(41)34(56)47-26(37(59)50-33)14-22-8-10-23(52)11-9-22)40(62)51-12-6-7-29(51)38(60)48-25(13-20(2)3)35(57)44-16-31(43)54/h8-11,20-21,24-29,33,52H,5-7,12-19,41H2,1-4H3,(H2,42,53)(H2,43,54)(H,44,57)(H,45,61)(H,46,55)(H,47,56)(H,48,60)(H,49,58)(H,50,59)/t21-,24-,25-,26-,27-,28-,29-,33-/m0/s1. The number of nitrogens with zero attached hydrogens (tertiary/aromatic N) is 1. The van der Waals surface area contributed by atoms with Crippen LogP contribution in [0.3, 0.4) is 0 Å². The molecule has 1 aromatic carbocycles. The number of carbonyl (C=O) groups is 10. The monoisotopic (exact) mass is 935 g/mol. The van der Waals surface area contributed by atoms with Crippen molar-refractivity contribution in [3.05, 3.63) is 29.8 Å². The van der Waals surface area contributed by atoms with Gasteiger partial charge in [-0.15, -0.1) is 0 Å². The summed E-state index contributed by atoms with van der Waals surface area (Å²) in [7, 11) is 2.11. The van der Waals surface area contributed by atoms with Gasteiger partial charge in [0.25, 0.3) is 0 Å². The second-order valence-corrected chi connectivity index (χ2v) is 18.7. The predicted molar refractivity (Wildman–Crippen MR) is 237 cm³/mol. The van der Waals surface area contributed by atoms with Gasteiger partial charge in [0.05, 0.1) is 25.6 Å². The summed E-state index contributed by atoms with van der Waals surface area (Å²) >= 11 is 0. The maximum absolute atomic E-state index is 14.3. The fourth-order valence-corrected chi connectivity index (χ4v) is 9.05. The molecular weight excluding hydrogens is 875 g/mol. The highest BCUT2D eigenvalue weighted by atomic mass is 33.1. The Labute approximate surface area is 379 Å². The molecular formula is C40H61N11O11S2. The number of primary amides is 2. The van der Waals surface area contributed by atoms with Gasteiger partial charge in [-0.25, -0.2) is 0 Å². The second-order valence-electron chi connectivity index (χ2n) is 16.1. The van der Waals surface area contributed by atoms with Crippen molar-refractivity contribution in [1.29, 1.82) is 0 Å². The summed E-state index contributed by atoms with van der Waals surface area (Å²) < 4.78 is 0. The van der Waals surface area contributed by atoms with Crippen LogP contribution in [0.25, 0.3) is 0 Å². The number of amides is 10. The molecule has 1 aromatic rings. The summed E-state index contributed by atoms with van der Waals surface area (Å²) in [5.74, 6) is -8.66. The van der Waals surface area contributed by atoms with Crippen LogP contribution in [-0.4, -0.2) is 143 Å². The Bertz CT molecular complexity index is 1870. The molecule has 354 valence electrons. The number of benzene rings is 1. The summed E-state index contributed by atoms with van der Waals surface area (Å²) in [6.45, 7) is 6.06. The van der Waals surface area contributed by atoms with Gasteiger partial charge < -0.3 is 64.4 Å². The molecule has 0 spiro atoms. The lowest BCUT2D eigenvalue weighted by molar-refractivity contribution is -0.142. The van der Waals surface area contributed by atoms with Crippen LogP contribution in [0, 0.1) is 11.8 Å². The number of hydrogen-bond acceptors (Lipinski definition) is 14. The molecule has 64 heavy (non-hydrogen) atoms. The van der Waals surface area contributed by atoms with Gasteiger partial charge in [-0.2, -0.15) is 0 Å². The molecule has 0 radical (unpaired) electrons. The Morgan fingerprint density at radius 1 is 0.859 bits per heavy atom. The van der Waals surface area contributed by atoms with E-state index in [2.05, 4.69) is 37.2 Å². The van der Waals surface area contributed by atoms with E-state index in [0.717, 1.165) is 21.6 Å². The van der Waals surface area contributed by atoms with Crippen LogP contribution >= 0.6 is 21.6 Å². The van der Waals surface area contributed by atoms with Crippen molar-refractivity contribution < 1.29 is 53.1 Å². The number of likely N-dealkylation sites (tertiary alicyclic amines) is 1. The van der Waals surface area contributed by atoms with Crippen LogP contribution < -0.4 is 54.4 Å². The molecule has 0 aromatic heterocycles. The zero-order chi connectivity index (χ0) is 47.7. The van der Waals surface area contributed by atoms with E-state index in [0.29, 0.717) is 18.4 Å². The van der Waals surface area contributed by atoms with Crippen LogP contribution in [0.2, 0.25) is 0 Å². The molecule has 2 aliphatic heterocycles. The number of hydrogen-bond donors (Lipinski definition) is 11. The van der Waals surface area contributed by atoms with Crippen molar-refractivity contribution in [2.24, 2.45) is 29.0 Å². The van der Waals surface area contributed by atoms with Gasteiger partial charge in [-0.05, 0) is 48.8 Å². The first-order valence-corrected chi connectivity index (χ1v) is 23.4. The van der Waals surface area contributed by atoms with Gasteiger partial charge in [0.2, 0.25) is 59.1 Å². The van der Waals surface area contributed by atoms with Crippen LogP contribution in [0.4, 0.5) is 0 Å². The van der Waals surface area contributed by atoms with E-state index in [1.54, 1.807) is 26.0 Å². The van der Waals surface area contributed by atoms with Crippen LogP contribution in [-0.2, 0) is 54.4 Å². The Morgan fingerprint density at radius 3 is 2.14 bits per heavy atom. The first-order chi connectivity index (χ1) is 30.2. The Hall–Kier alpha value is -5.62. The van der Waals surface area contributed by atoms with E-state index in [1.165, 1.54) is 17.0 Å². The molecule has 0 saturated carbocycles. The fraction of sp³-hybridized carbons (Fsp3) is 0.600. The quantitative estimate of drug-likeness (QED) is 0.0818. The summed E-state index contributed by atoms with van der Waals surface area (Å²) in [6.07, 6.45) is 0.453. The molecule has 14 N–H and O–H groups in total. The molecule has 2 aliphatic rings. The number of rotatable bonds is 14. The van der Waals surface area contributed by atoms with Crippen LogP contribution in [0.15, 0.2) is 24.3 Å². The molecule has 2 heterocycles. The second kappa shape index (κ2) is 25.6. The van der Waals surface area contributed by atoms with E-state index in [9.17, 15) is 53.1 Å². The van der Waals surface area contributed by atoms with E-state index in [1.807, 2.05) is 13.8 Å². The van der Waals surface area contributed by atoms with Gasteiger partial charge in [0.15, 0.2) is 0 Å². The average molecular weight is 936 g/mol. The van der Waals surface area contributed by atoms with Crippen molar-refractivity contribution >= 4 is 80.7 Å². The summed E-state index contributed by atoms with van der Waals surface area (Å²) in [6, 6.07) is -2.83. The maximum Gasteiger partial charge on any atom is 0.246 e. The molecule has 2 saturated heterocycles. The molecule has 2 fully saturated rings. The number of phenolic OH excluding ortho intramolecular Hbond substituents is 1. The van der Waals surface area contributed by atoms with Gasteiger partial charge in [0.1, 0.15) is 42.0 Å². The zero-order valence-electron chi connectivity index (χ0n) is 36.3. The van der Waals surface area contributed by atoms with Crippen molar-refractivity contribution in [3.8, 4) is 5.75 Å². The Balaban J connectivity index is 1.94. The van der Waals surface area contributed by atoms with Crippen molar-refractivity contribution in [3.63, 3.8) is 0 Å². The molecule has 0 bridgehead atoms. The molecule has 8 atom stereocenters. The largest absolute Gasteiger partial charge is 0.508 e. The Morgan fingerprint density at radius 2 is 1.52 bits per heavy atom. The molecule has 0 aliphatic carbocycles. The third kappa shape index (κ3) is 16.8. The topological polar surface area (TPSA) is 356 Å². The molecule has 24 heteroatoms. The van der Waals surface area contributed by atoms with Crippen molar-refractivity contribution in [2.75, 3.05) is 31.1 Å². The first kappa shape index (κ1) is 52.7. The lowest BCUT2D eigenvalue weighted by atomic mass is 9.97. The third-order valence-electron chi connectivity index (χ3n) is 10.4. The highest BCUT2D eigenvalue weighted by Gasteiger charge is 2.40. The minimum absolute atomic E-state index is 0.0198. The SMILES string of the molecule is CC[C@H](C)[C@@H]1NC(=O)[C@H](Cc2ccc(O)cc2)NC(=O)[C@@H](N)CSSC[C@@H](C(=O)N2CCC[C@H]2C(=O)N[C@@H](CC(C)C)C(=O)NCC(N)=O)NC(=O)[C@H](CC(N)=O)NC(=O)CNC1=O. The highest BCUT2D eigenvalue weighted by molar-refractivity contribution is 8.76. The normalized spacial score (nSPS) is 24.2. The van der Waals surface area contributed by atoms with E-state index >= 15 is 0 Å². The molecule has 22 nitrogen and oxygen atoms in total. The smallest absolute Gasteiger partial charge is 0.246 e. The van der Waals surface area contributed by atoms with Gasteiger partial charge in [0, 0.05) is 24.5 Å². The minimum Gasteiger partial charge on any atom is -0.508 e. The average Bonchev–Trinajstić information content (AvgIpc) is 3.74. The van der Waals surface area contributed by atoms with Gasteiger partial charge in [-0.3, -0.25) is 47.9 Å².